The molecule has 1 N–H and O–H groups in total. The number of rotatable bonds is 1. The van der Waals surface area contributed by atoms with Crippen molar-refractivity contribution in [2.24, 2.45) is 0 Å². The van der Waals surface area contributed by atoms with Crippen molar-refractivity contribution in [1.82, 2.24) is 14.9 Å². The zero-order valence-corrected chi connectivity index (χ0v) is 13.3. The molecule has 0 bridgehead atoms. The predicted molar refractivity (Wildman–Crippen MR) is 78.6 cm³/mol. The van der Waals surface area contributed by atoms with E-state index in [1.165, 1.54) is 5.69 Å². The van der Waals surface area contributed by atoms with Crippen molar-refractivity contribution >= 4 is 9.84 Å². The number of nitrogens with one attached hydrogen (secondary N) is 1. The second-order valence-electron chi connectivity index (χ2n) is 6.93. The van der Waals surface area contributed by atoms with Gasteiger partial charge in [-0.05, 0) is 6.42 Å². The van der Waals surface area contributed by atoms with E-state index in [9.17, 15) is 8.42 Å². The van der Waals surface area contributed by atoms with Crippen molar-refractivity contribution in [2.75, 3.05) is 18.1 Å². The number of sulfone groups is 1. The fourth-order valence-electron chi connectivity index (χ4n) is 3.23. The smallest absolute Gasteiger partial charge is 0.152 e. The molecule has 20 heavy (non-hydrogen) atoms. The molecule has 2 aliphatic heterocycles. The number of hydrogen-bond donors (Lipinski definition) is 1. The highest BCUT2D eigenvalue weighted by molar-refractivity contribution is 7.91. The zero-order valence-electron chi connectivity index (χ0n) is 12.4. The van der Waals surface area contributed by atoms with Crippen molar-refractivity contribution in [3.8, 4) is 0 Å². The molecule has 0 aromatic carbocycles. The van der Waals surface area contributed by atoms with E-state index in [4.69, 9.17) is 4.98 Å². The van der Waals surface area contributed by atoms with Crippen LogP contribution in [0.5, 0.6) is 0 Å². The van der Waals surface area contributed by atoms with Crippen LogP contribution in [0.3, 0.4) is 0 Å². The average molecular weight is 297 g/mol. The molecule has 1 saturated heterocycles. The third kappa shape index (κ3) is 2.39. The summed E-state index contributed by atoms with van der Waals surface area (Å²) in [5, 5.41) is 3.35. The predicted octanol–water partition coefficient (Wildman–Crippen LogP) is 1.19. The lowest BCUT2D eigenvalue weighted by Crippen LogP contribution is -2.27. The molecule has 1 atom stereocenters. The number of nitrogens with zero attached hydrogens (tertiary/aromatic N) is 2. The Hall–Kier alpha value is -0.880. The van der Waals surface area contributed by atoms with Gasteiger partial charge in [-0.15, -0.1) is 0 Å². The second-order valence-corrected chi connectivity index (χ2v) is 9.16. The zero-order chi connectivity index (χ0) is 14.5. The fourth-order valence-corrected chi connectivity index (χ4v) is 4.93. The van der Waals surface area contributed by atoms with E-state index in [-0.39, 0.29) is 17.2 Å². The maximum absolute atomic E-state index is 11.8. The van der Waals surface area contributed by atoms with Crippen LogP contribution in [-0.2, 0) is 28.2 Å². The number of fused-ring (bicyclic) bond motifs is 1. The molecule has 3 heterocycles. The van der Waals surface area contributed by atoms with E-state index in [0.717, 1.165) is 37.4 Å². The first kappa shape index (κ1) is 14.1. The standard InChI is InChI=1S/C14H23N3O2S/c1-14(2,3)13-16-11-8-15-6-4-12(11)17(13)10-5-7-20(18,19)9-10/h10,15H,4-9H2,1-3H3. The van der Waals surface area contributed by atoms with E-state index < -0.39 is 9.84 Å². The first-order valence-corrected chi connectivity index (χ1v) is 9.12. The summed E-state index contributed by atoms with van der Waals surface area (Å²) in [7, 11) is -2.87. The molecule has 2 aliphatic rings. The van der Waals surface area contributed by atoms with E-state index in [2.05, 4.69) is 30.7 Å². The Labute approximate surface area is 120 Å². The first-order valence-electron chi connectivity index (χ1n) is 7.29. The highest BCUT2D eigenvalue weighted by Gasteiger charge is 2.36. The molecule has 3 rings (SSSR count). The lowest BCUT2D eigenvalue weighted by Gasteiger charge is -2.25. The fraction of sp³-hybridized carbons (Fsp3) is 0.786. The summed E-state index contributed by atoms with van der Waals surface area (Å²) in [6.07, 6.45) is 1.66. The Kier molecular flexibility index (Phi) is 3.21. The first-order chi connectivity index (χ1) is 9.28. The molecule has 0 radical (unpaired) electrons. The maximum Gasteiger partial charge on any atom is 0.152 e. The topological polar surface area (TPSA) is 64.0 Å². The van der Waals surface area contributed by atoms with Crippen LogP contribution in [-0.4, -0.2) is 36.0 Å². The molecule has 0 spiro atoms. The number of aromatic nitrogens is 2. The van der Waals surface area contributed by atoms with Gasteiger partial charge in [-0.2, -0.15) is 0 Å². The van der Waals surface area contributed by atoms with Crippen LogP contribution < -0.4 is 5.32 Å². The minimum atomic E-state index is -2.87. The second kappa shape index (κ2) is 4.56. The van der Waals surface area contributed by atoms with Crippen LogP contribution in [0, 0.1) is 0 Å². The molecule has 0 amide bonds. The summed E-state index contributed by atoms with van der Waals surface area (Å²) in [6.45, 7) is 8.18. The van der Waals surface area contributed by atoms with Gasteiger partial charge in [0, 0.05) is 30.6 Å². The summed E-state index contributed by atoms with van der Waals surface area (Å²) in [4.78, 5) is 4.82. The highest BCUT2D eigenvalue weighted by atomic mass is 32.2. The van der Waals surface area contributed by atoms with Crippen LogP contribution in [0.25, 0.3) is 0 Å². The summed E-state index contributed by atoms with van der Waals surface area (Å²) in [5.41, 5.74) is 2.28. The maximum atomic E-state index is 11.8. The lowest BCUT2D eigenvalue weighted by molar-refractivity contribution is 0.443. The van der Waals surface area contributed by atoms with Crippen LogP contribution in [0.2, 0.25) is 0 Å². The Morgan fingerprint density at radius 1 is 1.35 bits per heavy atom. The van der Waals surface area contributed by atoms with Gasteiger partial charge in [-0.3, -0.25) is 0 Å². The molecular weight excluding hydrogens is 274 g/mol. The van der Waals surface area contributed by atoms with Gasteiger partial charge >= 0.3 is 0 Å². The quantitative estimate of drug-likeness (QED) is 0.845. The molecular formula is C14H23N3O2S. The van der Waals surface area contributed by atoms with Crippen molar-refractivity contribution in [1.29, 1.82) is 0 Å². The van der Waals surface area contributed by atoms with Crippen molar-refractivity contribution < 1.29 is 8.42 Å². The van der Waals surface area contributed by atoms with Crippen molar-refractivity contribution in [3.05, 3.63) is 17.2 Å². The molecule has 6 heteroatoms. The normalized spacial score (nSPS) is 25.6. The van der Waals surface area contributed by atoms with Crippen LogP contribution in [0.1, 0.15) is 50.4 Å². The van der Waals surface area contributed by atoms with Crippen molar-refractivity contribution in [3.63, 3.8) is 0 Å². The third-order valence-corrected chi connectivity index (χ3v) is 5.92. The van der Waals surface area contributed by atoms with E-state index >= 15 is 0 Å². The Balaban J connectivity index is 2.10. The monoisotopic (exact) mass is 297 g/mol. The lowest BCUT2D eigenvalue weighted by atomic mass is 9.95. The van der Waals surface area contributed by atoms with Crippen molar-refractivity contribution in [2.45, 2.75) is 51.6 Å². The van der Waals surface area contributed by atoms with Gasteiger partial charge in [-0.1, -0.05) is 20.8 Å². The Morgan fingerprint density at radius 2 is 2.10 bits per heavy atom. The largest absolute Gasteiger partial charge is 0.327 e. The van der Waals surface area contributed by atoms with E-state index in [1.54, 1.807) is 0 Å². The third-order valence-electron chi connectivity index (χ3n) is 4.17. The minimum absolute atomic E-state index is 0.0658. The summed E-state index contributed by atoms with van der Waals surface area (Å²) < 4.78 is 25.9. The van der Waals surface area contributed by atoms with Gasteiger partial charge in [0.15, 0.2) is 9.84 Å². The van der Waals surface area contributed by atoms with Crippen LogP contribution >= 0.6 is 0 Å². The molecule has 0 aliphatic carbocycles. The molecule has 5 nitrogen and oxygen atoms in total. The Bertz CT molecular complexity index is 626. The SMILES string of the molecule is CC(C)(C)c1nc2c(n1C1CCS(=O)(=O)C1)CCNC2. The van der Waals surface area contributed by atoms with Gasteiger partial charge in [0.1, 0.15) is 5.82 Å². The molecule has 112 valence electrons. The van der Waals surface area contributed by atoms with Crippen LogP contribution in [0.15, 0.2) is 0 Å². The molecule has 0 saturated carbocycles. The molecule has 1 aromatic rings. The minimum Gasteiger partial charge on any atom is -0.327 e. The number of hydrogen-bond acceptors (Lipinski definition) is 4. The molecule has 1 fully saturated rings. The average Bonchev–Trinajstić information content (AvgIpc) is 2.88. The van der Waals surface area contributed by atoms with Gasteiger partial charge in [0.25, 0.3) is 0 Å². The number of imidazole rings is 1. The summed E-state index contributed by atoms with van der Waals surface area (Å²) in [6, 6.07) is 0.0728. The summed E-state index contributed by atoms with van der Waals surface area (Å²) >= 11 is 0. The van der Waals surface area contributed by atoms with Crippen LogP contribution in [0.4, 0.5) is 0 Å². The van der Waals surface area contributed by atoms with Gasteiger partial charge in [0.05, 0.1) is 23.2 Å². The molecule has 1 unspecified atom stereocenters. The summed E-state index contributed by atoms with van der Waals surface area (Å²) in [5.74, 6) is 1.62. The van der Waals surface area contributed by atoms with E-state index in [0.29, 0.717) is 5.75 Å². The van der Waals surface area contributed by atoms with Gasteiger partial charge in [-0.25, -0.2) is 13.4 Å². The highest BCUT2D eigenvalue weighted by Crippen LogP contribution is 2.33. The van der Waals surface area contributed by atoms with Gasteiger partial charge in [0.2, 0.25) is 0 Å². The molecule has 1 aromatic heterocycles. The van der Waals surface area contributed by atoms with Gasteiger partial charge < -0.3 is 9.88 Å². The Morgan fingerprint density at radius 3 is 2.70 bits per heavy atom. The van der Waals surface area contributed by atoms with E-state index in [1.807, 2.05) is 0 Å².